The Morgan fingerprint density at radius 2 is 1.63 bits per heavy atom. The number of hydrogen-bond donors (Lipinski definition) is 0. The molecule has 0 unspecified atom stereocenters. The van der Waals surface area contributed by atoms with Crippen molar-refractivity contribution in [2.24, 2.45) is 0 Å². The van der Waals surface area contributed by atoms with E-state index < -0.39 is 0 Å². The van der Waals surface area contributed by atoms with Gasteiger partial charge in [0.2, 0.25) is 5.69 Å². The maximum absolute atomic E-state index is 12.2. The lowest BCUT2D eigenvalue weighted by molar-refractivity contribution is -0.360. The number of para-hydroxylation sites is 1. The maximum Gasteiger partial charge on any atom is 0.219 e. The van der Waals surface area contributed by atoms with E-state index in [9.17, 15) is 5.21 Å². The first-order valence-electron chi connectivity index (χ1n) is 6.28. The van der Waals surface area contributed by atoms with Crippen LogP contribution in [-0.2, 0) is 0 Å². The molecule has 19 heavy (non-hydrogen) atoms. The van der Waals surface area contributed by atoms with Crippen LogP contribution in [0.1, 0.15) is 18.1 Å². The predicted molar refractivity (Wildman–Crippen MR) is 80.6 cm³/mol. The highest BCUT2D eigenvalue weighted by molar-refractivity contribution is 5.93. The van der Waals surface area contributed by atoms with Crippen LogP contribution in [0.3, 0.4) is 0 Å². The largest absolute Gasteiger partial charge is 0.618 e. The first kappa shape index (κ1) is 13.1. The standard InChI is InChI=1S/C17H17NO/c1-14-8-6-7-11-17(14)18(19)15(2)12-13-16-9-4-3-5-10-16/h3-13H,1-2H3/b13-12+,18-15-. The SMILES string of the molecule is CC(/C=C/c1ccccc1)=[N+](/[O-])c1ccccc1C. The molecule has 0 aromatic heterocycles. The van der Waals surface area contributed by atoms with Gasteiger partial charge in [-0.3, -0.25) is 0 Å². The highest BCUT2D eigenvalue weighted by Crippen LogP contribution is 2.17. The van der Waals surface area contributed by atoms with E-state index in [1.54, 1.807) is 0 Å². The van der Waals surface area contributed by atoms with Crippen LogP contribution in [0.5, 0.6) is 0 Å². The van der Waals surface area contributed by atoms with E-state index in [1.807, 2.05) is 80.6 Å². The third kappa shape index (κ3) is 3.32. The van der Waals surface area contributed by atoms with Crippen LogP contribution in [0.25, 0.3) is 6.08 Å². The topological polar surface area (TPSA) is 26.1 Å². The van der Waals surface area contributed by atoms with Crippen LogP contribution >= 0.6 is 0 Å². The summed E-state index contributed by atoms with van der Waals surface area (Å²) < 4.78 is 0.967. The molecular formula is C17H17NO. The van der Waals surface area contributed by atoms with Crippen molar-refractivity contribution in [3.8, 4) is 0 Å². The number of benzene rings is 2. The monoisotopic (exact) mass is 251 g/mol. The Morgan fingerprint density at radius 3 is 2.32 bits per heavy atom. The molecular weight excluding hydrogens is 234 g/mol. The van der Waals surface area contributed by atoms with Crippen molar-refractivity contribution in [3.63, 3.8) is 0 Å². The van der Waals surface area contributed by atoms with Gasteiger partial charge in [0, 0.05) is 24.6 Å². The highest BCUT2D eigenvalue weighted by Gasteiger charge is 2.07. The second kappa shape index (κ2) is 6.01. The summed E-state index contributed by atoms with van der Waals surface area (Å²) in [6, 6.07) is 17.5. The fourth-order valence-corrected chi connectivity index (χ4v) is 1.83. The van der Waals surface area contributed by atoms with Gasteiger partial charge in [0.1, 0.15) is 0 Å². The Hall–Kier alpha value is -2.35. The van der Waals surface area contributed by atoms with Crippen molar-refractivity contribution in [1.82, 2.24) is 0 Å². The molecule has 0 saturated heterocycles. The number of nitrogens with zero attached hydrogens (tertiary/aromatic N) is 1. The van der Waals surface area contributed by atoms with Gasteiger partial charge >= 0.3 is 0 Å². The molecule has 2 aromatic rings. The Balaban J connectivity index is 2.27. The summed E-state index contributed by atoms with van der Waals surface area (Å²) in [5.74, 6) is 0. The number of hydrogen-bond acceptors (Lipinski definition) is 1. The summed E-state index contributed by atoms with van der Waals surface area (Å²) in [4.78, 5) is 0. The first-order chi connectivity index (χ1) is 9.18. The number of allylic oxidation sites excluding steroid dienone is 1. The first-order valence-corrected chi connectivity index (χ1v) is 6.28. The maximum atomic E-state index is 12.2. The van der Waals surface area contributed by atoms with Gasteiger partial charge in [-0.15, -0.1) is 0 Å². The minimum atomic E-state index is 0.665. The van der Waals surface area contributed by atoms with Crippen molar-refractivity contribution in [1.29, 1.82) is 0 Å². The van der Waals surface area contributed by atoms with E-state index in [0.29, 0.717) is 11.4 Å². The minimum absolute atomic E-state index is 0.665. The summed E-state index contributed by atoms with van der Waals surface area (Å²) in [6.45, 7) is 3.76. The summed E-state index contributed by atoms with van der Waals surface area (Å²) in [7, 11) is 0. The van der Waals surface area contributed by atoms with Crippen molar-refractivity contribution in [2.75, 3.05) is 0 Å². The van der Waals surface area contributed by atoms with Crippen molar-refractivity contribution in [3.05, 3.63) is 77.0 Å². The van der Waals surface area contributed by atoms with Gasteiger partial charge in [-0.2, -0.15) is 4.74 Å². The molecule has 0 fully saturated rings. The lowest BCUT2D eigenvalue weighted by atomic mass is 10.2. The number of aryl methyl sites for hydroxylation is 1. The van der Waals surface area contributed by atoms with Gasteiger partial charge in [0.15, 0.2) is 5.71 Å². The molecule has 0 heterocycles. The average molecular weight is 251 g/mol. The van der Waals surface area contributed by atoms with Crippen LogP contribution in [0.15, 0.2) is 60.7 Å². The highest BCUT2D eigenvalue weighted by atomic mass is 16.5. The third-order valence-corrected chi connectivity index (χ3v) is 2.97. The summed E-state index contributed by atoms with van der Waals surface area (Å²) in [6.07, 6.45) is 3.78. The Kier molecular flexibility index (Phi) is 4.14. The van der Waals surface area contributed by atoms with E-state index in [-0.39, 0.29) is 0 Å². The van der Waals surface area contributed by atoms with Gasteiger partial charge in [-0.05, 0) is 18.6 Å². The smallest absolute Gasteiger partial charge is 0.219 e. The molecule has 2 aromatic carbocycles. The summed E-state index contributed by atoms with van der Waals surface area (Å²) in [5, 5.41) is 12.2. The second-order valence-electron chi connectivity index (χ2n) is 4.47. The zero-order valence-corrected chi connectivity index (χ0v) is 11.2. The second-order valence-corrected chi connectivity index (χ2v) is 4.47. The lowest BCUT2D eigenvalue weighted by Crippen LogP contribution is -2.05. The zero-order chi connectivity index (χ0) is 13.7. The van der Waals surface area contributed by atoms with Gasteiger partial charge < -0.3 is 5.21 Å². The van der Waals surface area contributed by atoms with Crippen molar-refractivity contribution in [2.45, 2.75) is 13.8 Å². The molecule has 0 amide bonds. The molecule has 0 saturated carbocycles. The molecule has 0 N–H and O–H groups in total. The van der Waals surface area contributed by atoms with Crippen molar-refractivity contribution >= 4 is 17.5 Å². The van der Waals surface area contributed by atoms with Gasteiger partial charge in [0.25, 0.3) is 0 Å². The van der Waals surface area contributed by atoms with Crippen LogP contribution < -0.4 is 0 Å². The quantitative estimate of drug-likeness (QED) is 0.345. The van der Waals surface area contributed by atoms with E-state index >= 15 is 0 Å². The van der Waals surface area contributed by atoms with Crippen molar-refractivity contribution < 1.29 is 4.74 Å². The summed E-state index contributed by atoms with van der Waals surface area (Å²) in [5.41, 5.74) is 3.42. The third-order valence-electron chi connectivity index (χ3n) is 2.97. The normalized spacial score (nSPS) is 12.5. The fourth-order valence-electron chi connectivity index (χ4n) is 1.83. The van der Waals surface area contributed by atoms with E-state index in [1.165, 1.54) is 0 Å². The Bertz CT molecular complexity index is 612. The van der Waals surface area contributed by atoms with Crippen LogP contribution in [-0.4, -0.2) is 10.5 Å². The molecule has 0 bridgehead atoms. The van der Waals surface area contributed by atoms with Crippen LogP contribution in [0.4, 0.5) is 5.69 Å². The van der Waals surface area contributed by atoms with E-state index in [0.717, 1.165) is 15.9 Å². The molecule has 96 valence electrons. The molecule has 2 rings (SSSR count). The van der Waals surface area contributed by atoms with Crippen LogP contribution in [0, 0.1) is 12.1 Å². The molecule has 2 heteroatoms. The number of rotatable bonds is 3. The minimum Gasteiger partial charge on any atom is -0.618 e. The molecule has 0 spiro atoms. The fraction of sp³-hybridized carbons (Fsp3) is 0.118. The molecule has 0 aliphatic heterocycles. The van der Waals surface area contributed by atoms with E-state index in [2.05, 4.69) is 0 Å². The summed E-state index contributed by atoms with van der Waals surface area (Å²) >= 11 is 0. The predicted octanol–water partition coefficient (Wildman–Crippen LogP) is 4.31. The van der Waals surface area contributed by atoms with Gasteiger partial charge in [-0.1, -0.05) is 48.5 Å². The molecule has 0 aliphatic rings. The van der Waals surface area contributed by atoms with Crippen LogP contribution in [0.2, 0.25) is 0 Å². The lowest BCUT2D eigenvalue weighted by Gasteiger charge is -2.07. The molecule has 0 atom stereocenters. The van der Waals surface area contributed by atoms with Gasteiger partial charge in [-0.25, -0.2) is 0 Å². The molecule has 2 nitrogen and oxygen atoms in total. The Morgan fingerprint density at radius 1 is 1.00 bits per heavy atom. The average Bonchev–Trinajstić information content (AvgIpc) is 2.45. The zero-order valence-electron chi connectivity index (χ0n) is 11.2. The van der Waals surface area contributed by atoms with Gasteiger partial charge in [0.05, 0.1) is 0 Å². The Labute approximate surface area is 113 Å². The van der Waals surface area contributed by atoms with E-state index in [4.69, 9.17) is 0 Å². The molecule has 0 radical (unpaired) electrons. The molecule has 0 aliphatic carbocycles.